The highest BCUT2D eigenvalue weighted by Crippen LogP contribution is 2.30. The Morgan fingerprint density at radius 3 is 2.39 bits per heavy atom. The number of carbonyl (C=O) groups excluding carboxylic acids is 1. The van der Waals surface area contributed by atoms with Crippen molar-refractivity contribution in [3.8, 4) is 5.75 Å². The molecule has 0 aliphatic rings. The molecule has 0 heterocycles. The van der Waals surface area contributed by atoms with Crippen LogP contribution in [0.3, 0.4) is 0 Å². The molecule has 0 saturated heterocycles. The minimum absolute atomic E-state index is 0.130. The van der Waals surface area contributed by atoms with Crippen molar-refractivity contribution in [2.45, 2.75) is 18.7 Å². The van der Waals surface area contributed by atoms with Crippen LogP contribution in [0.4, 0.5) is 5.69 Å². The largest absolute Gasteiger partial charge is 0.421 e. The summed E-state index contributed by atoms with van der Waals surface area (Å²) in [6.07, 6.45) is 1.02. The number of hydrogen-bond donors (Lipinski definition) is 1. The zero-order valence-electron chi connectivity index (χ0n) is 12.9. The van der Waals surface area contributed by atoms with E-state index in [1.807, 2.05) is 6.92 Å². The van der Waals surface area contributed by atoms with Crippen LogP contribution in [0.15, 0.2) is 60.0 Å². The first-order chi connectivity index (χ1) is 10.8. The van der Waals surface area contributed by atoms with Gasteiger partial charge in [0.15, 0.2) is 5.75 Å². The molecule has 0 aromatic heterocycles. The van der Waals surface area contributed by atoms with Gasteiger partial charge in [-0.1, -0.05) is 36.4 Å². The molecule has 2 rings (SSSR count). The number of aryl methyl sites for hydroxylation is 2. The number of anilines is 1. The lowest BCUT2D eigenvalue weighted by molar-refractivity contribution is -0.128. The van der Waals surface area contributed by atoms with Crippen molar-refractivity contribution in [3.05, 3.63) is 66.2 Å². The minimum Gasteiger partial charge on any atom is -0.421 e. The third-order valence-corrected chi connectivity index (χ3v) is 4.54. The molecular weight excluding hydrogens is 314 g/mol. The van der Waals surface area contributed by atoms with E-state index in [1.54, 1.807) is 31.2 Å². The molecule has 1 N–H and O–H groups in total. The fourth-order valence-corrected chi connectivity index (χ4v) is 2.99. The van der Waals surface area contributed by atoms with Crippen molar-refractivity contribution in [1.29, 1.82) is 0 Å². The Morgan fingerprint density at radius 1 is 1.13 bits per heavy atom. The first-order valence-electron chi connectivity index (χ1n) is 6.87. The second kappa shape index (κ2) is 6.66. The molecule has 0 aliphatic heterocycles. The van der Waals surface area contributed by atoms with E-state index in [1.165, 1.54) is 18.2 Å². The smallest absolute Gasteiger partial charge is 0.335 e. The van der Waals surface area contributed by atoms with Gasteiger partial charge >= 0.3 is 5.97 Å². The fraction of sp³-hybridized carbons (Fsp3) is 0.118. The molecule has 0 fully saturated rings. The Kier molecular flexibility index (Phi) is 4.86. The maximum atomic E-state index is 12.5. The molecule has 2 aromatic rings. The van der Waals surface area contributed by atoms with Crippen LogP contribution in [0.25, 0.3) is 0 Å². The first-order valence-corrected chi connectivity index (χ1v) is 8.35. The van der Waals surface area contributed by atoms with Crippen molar-refractivity contribution in [2.75, 3.05) is 4.72 Å². The Labute approximate surface area is 135 Å². The molecule has 0 radical (unpaired) electrons. The number of esters is 1. The standard InChI is InChI=1S/C17H17NO4S/c1-4-16(19)22-17-13(3)6-5-7-15(17)18-23(20,21)14-10-8-12(2)9-11-14/h4-11,18H,1H2,2-3H3. The minimum atomic E-state index is -3.78. The van der Waals surface area contributed by atoms with Crippen LogP contribution in [0.2, 0.25) is 0 Å². The van der Waals surface area contributed by atoms with Crippen LogP contribution in [-0.2, 0) is 14.8 Å². The fourth-order valence-electron chi connectivity index (χ4n) is 1.93. The predicted octanol–water partition coefficient (Wildman–Crippen LogP) is 3.20. The number of ether oxygens (including phenoxy) is 1. The monoisotopic (exact) mass is 331 g/mol. The second-order valence-corrected chi connectivity index (χ2v) is 6.68. The van der Waals surface area contributed by atoms with E-state index in [0.717, 1.165) is 11.6 Å². The van der Waals surface area contributed by atoms with Gasteiger partial charge in [0, 0.05) is 6.08 Å². The van der Waals surface area contributed by atoms with E-state index in [0.29, 0.717) is 5.56 Å². The summed E-state index contributed by atoms with van der Waals surface area (Å²) < 4.78 is 32.5. The first kappa shape index (κ1) is 16.8. The Bertz CT molecular complexity index is 839. The number of hydrogen-bond acceptors (Lipinski definition) is 4. The zero-order valence-corrected chi connectivity index (χ0v) is 13.7. The molecular formula is C17H17NO4S. The van der Waals surface area contributed by atoms with Gasteiger partial charge in [-0.3, -0.25) is 4.72 Å². The maximum Gasteiger partial charge on any atom is 0.335 e. The van der Waals surface area contributed by atoms with Crippen molar-refractivity contribution < 1.29 is 17.9 Å². The van der Waals surface area contributed by atoms with E-state index in [9.17, 15) is 13.2 Å². The summed E-state index contributed by atoms with van der Waals surface area (Å²) in [5.41, 5.74) is 1.78. The van der Waals surface area contributed by atoms with E-state index in [4.69, 9.17) is 4.74 Å². The second-order valence-electron chi connectivity index (χ2n) is 5.00. The molecule has 6 heteroatoms. The summed E-state index contributed by atoms with van der Waals surface area (Å²) >= 11 is 0. The summed E-state index contributed by atoms with van der Waals surface area (Å²) in [5, 5.41) is 0. The SMILES string of the molecule is C=CC(=O)Oc1c(C)cccc1NS(=O)(=O)c1ccc(C)cc1. The lowest BCUT2D eigenvalue weighted by Crippen LogP contribution is -2.15. The Morgan fingerprint density at radius 2 is 1.78 bits per heavy atom. The number of rotatable bonds is 5. The zero-order chi connectivity index (χ0) is 17.0. The van der Waals surface area contributed by atoms with Crippen LogP contribution in [-0.4, -0.2) is 14.4 Å². The lowest BCUT2D eigenvalue weighted by atomic mass is 10.2. The molecule has 120 valence electrons. The maximum absolute atomic E-state index is 12.5. The third-order valence-electron chi connectivity index (χ3n) is 3.16. The van der Waals surface area contributed by atoms with Crippen LogP contribution in [0, 0.1) is 13.8 Å². The van der Waals surface area contributed by atoms with Gasteiger partial charge in [0.1, 0.15) is 0 Å². The number of carbonyl (C=O) groups is 1. The summed E-state index contributed by atoms with van der Waals surface area (Å²) in [5.74, 6) is -0.497. The third kappa shape index (κ3) is 3.98. The molecule has 2 aromatic carbocycles. The van der Waals surface area contributed by atoms with Gasteiger partial charge in [0.25, 0.3) is 10.0 Å². The van der Waals surface area contributed by atoms with E-state index < -0.39 is 16.0 Å². The molecule has 0 aliphatic carbocycles. The predicted molar refractivity (Wildman–Crippen MR) is 89.0 cm³/mol. The number of nitrogens with one attached hydrogen (secondary N) is 1. The topological polar surface area (TPSA) is 72.5 Å². The highest BCUT2D eigenvalue weighted by molar-refractivity contribution is 7.92. The Balaban J connectivity index is 2.39. The van der Waals surface area contributed by atoms with Crippen LogP contribution >= 0.6 is 0 Å². The molecule has 5 nitrogen and oxygen atoms in total. The lowest BCUT2D eigenvalue weighted by Gasteiger charge is -2.14. The molecule has 0 amide bonds. The van der Waals surface area contributed by atoms with Crippen LogP contribution in [0.5, 0.6) is 5.75 Å². The average Bonchev–Trinajstić information content (AvgIpc) is 2.50. The molecule has 0 saturated carbocycles. The quantitative estimate of drug-likeness (QED) is 0.519. The van der Waals surface area contributed by atoms with Crippen molar-refractivity contribution in [1.82, 2.24) is 0 Å². The Hall–Kier alpha value is -2.60. The summed E-state index contributed by atoms with van der Waals surface area (Å²) in [7, 11) is -3.78. The highest BCUT2D eigenvalue weighted by Gasteiger charge is 2.18. The normalized spacial score (nSPS) is 10.9. The molecule has 0 bridgehead atoms. The summed E-state index contributed by atoms with van der Waals surface area (Å²) in [6.45, 7) is 6.92. The van der Waals surface area contributed by atoms with Gasteiger partial charge in [0.2, 0.25) is 0 Å². The summed E-state index contributed by atoms with van der Waals surface area (Å²) in [6, 6.07) is 11.4. The van der Waals surface area contributed by atoms with E-state index >= 15 is 0 Å². The molecule has 0 atom stereocenters. The highest BCUT2D eigenvalue weighted by atomic mass is 32.2. The van der Waals surface area contributed by atoms with Crippen molar-refractivity contribution in [2.24, 2.45) is 0 Å². The number of sulfonamides is 1. The van der Waals surface area contributed by atoms with Crippen molar-refractivity contribution >= 4 is 21.7 Å². The van der Waals surface area contributed by atoms with E-state index in [2.05, 4.69) is 11.3 Å². The number of benzene rings is 2. The molecule has 0 spiro atoms. The van der Waals surface area contributed by atoms with Crippen molar-refractivity contribution in [3.63, 3.8) is 0 Å². The average molecular weight is 331 g/mol. The van der Waals surface area contributed by atoms with Crippen LogP contribution < -0.4 is 9.46 Å². The van der Waals surface area contributed by atoms with E-state index in [-0.39, 0.29) is 16.3 Å². The summed E-state index contributed by atoms with van der Waals surface area (Å²) in [4.78, 5) is 11.6. The number of para-hydroxylation sites is 1. The van der Waals surface area contributed by atoms with Gasteiger partial charge in [-0.15, -0.1) is 0 Å². The van der Waals surface area contributed by atoms with Gasteiger partial charge in [-0.2, -0.15) is 0 Å². The van der Waals surface area contributed by atoms with Crippen LogP contribution in [0.1, 0.15) is 11.1 Å². The van der Waals surface area contributed by atoms with Gasteiger partial charge in [0.05, 0.1) is 10.6 Å². The van der Waals surface area contributed by atoms with Gasteiger partial charge in [-0.25, -0.2) is 13.2 Å². The van der Waals surface area contributed by atoms with Gasteiger partial charge < -0.3 is 4.74 Å². The van der Waals surface area contributed by atoms with Gasteiger partial charge in [-0.05, 0) is 37.6 Å². The molecule has 0 unspecified atom stereocenters. The molecule has 23 heavy (non-hydrogen) atoms.